The molecule has 64 valence electrons. The highest BCUT2D eigenvalue weighted by Crippen LogP contribution is 2.16. The van der Waals surface area contributed by atoms with E-state index in [1.807, 2.05) is 0 Å². The Morgan fingerprint density at radius 1 is 1.55 bits per heavy atom. The number of hydrogen-bond donors (Lipinski definition) is 1. The lowest BCUT2D eigenvalue weighted by Gasteiger charge is -2.02. The molecule has 0 bridgehead atoms. The number of nitrogens with zero attached hydrogens (tertiary/aromatic N) is 1. The standard InChI is InChI=1S/C5H7F3N2O/c1-10-3-2-4(9-10)11-5(6,7)8/h2-3H2,1H3/p+1. The number of halogens is 3. The predicted octanol–water partition coefficient (Wildman–Crippen LogP) is -0.748. The number of rotatable bonds is 0. The van der Waals surface area contributed by atoms with E-state index in [9.17, 15) is 13.2 Å². The van der Waals surface area contributed by atoms with E-state index in [0.717, 1.165) is 0 Å². The smallest absolute Gasteiger partial charge is 0.352 e. The molecule has 3 nitrogen and oxygen atoms in total. The maximum absolute atomic E-state index is 11.5. The minimum atomic E-state index is -4.58. The van der Waals surface area contributed by atoms with Gasteiger partial charge in [-0.3, -0.25) is 0 Å². The zero-order valence-corrected chi connectivity index (χ0v) is 5.90. The molecule has 0 saturated heterocycles. The van der Waals surface area contributed by atoms with Crippen LogP contribution < -0.4 is 5.10 Å². The van der Waals surface area contributed by atoms with Gasteiger partial charge in [-0.2, -0.15) is 5.01 Å². The van der Waals surface area contributed by atoms with Crippen LogP contribution in [0.1, 0.15) is 6.42 Å². The van der Waals surface area contributed by atoms with Crippen molar-refractivity contribution in [2.45, 2.75) is 12.8 Å². The van der Waals surface area contributed by atoms with Crippen molar-refractivity contribution >= 4 is 5.90 Å². The van der Waals surface area contributed by atoms with Crippen molar-refractivity contribution in [3.63, 3.8) is 0 Å². The lowest BCUT2D eigenvalue weighted by molar-refractivity contribution is -0.635. The van der Waals surface area contributed by atoms with Gasteiger partial charge in [0.25, 0.3) is 0 Å². The van der Waals surface area contributed by atoms with Crippen LogP contribution in [-0.2, 0) is 4.74 Å². The van der Waals surface area contributed by atoms with Gasteiger partial charge in [-0.25, -0.2) is 0 Å². The number of alkyl halides is 3. The van der Waals surface area contributed by atoms with Gasteiger partial charge in [0.05, 0.1) is 20.0 Å². The summed E-state index contributed by atoms with van der Waals surface area (Å²) in [4.78, 5) is 0. The number of hydrazone groups is 1. The van der Waals surface area contributed by atoms with E-state index in [-0.39, 0.29) is 12.3 Å². The molecule has 0 spiro atoms. The Balaban J connectivity index is 2.45. The molecule has 1 heterocycles. The second-order valence-corrected chi connectivity index (χ2v) is 2.25. The van der Waals surface area contributed by atoms with Crippen LogP contribution in [0.4, 0.5) is 13.2 Å². The first-order valence-electron chi connectivity index (χ1n) is 3.07. The quantitative estimate of drug-likeness (QED) is 0.516. The summed E-state index contributed by atoms with van der Waals surface area (Å²) < 4.78 is 38.2. The maximum Gasteiger partial charge on any atom is 0.576 e. The molecule has 0 fully saturated rings. The van der Waals surface area contributed by atoms with Crippen LogP contribution in [-0.4, -0.2) is 30.9 Å². The molecular formula is C5H8F3N2O+. The predicted molar refractivity (Wildman–Crippen MR) is 30.4 cm³/mol. The van der Waals surface area contributed by atoms with Crippen LogP contribution in [0.25, 0.3) is 0 Å². The van der Waals surface area contributed by atoms with Gasteiger partial charge in [-0.1, -0.05) is 5.10 Å². The third kappa shape index (κ3) is 2.65. The Labute approximate surface area is 61.4 Å². The fourth-order valence-corrected chi connectivity index (χ4v) is 0.807. The molecule has 0 aromatic carbocycles. The molecule has 0 unspecified atom stereocenters. The molecule has 0 saturated carbocycles. The van der Waals surface area contributed by atoms with Crippen LogP contribution >= 0.6 is 0 Å². The monoisotopic (exact) mass is 169 g/mol. The minimum absolute atomic E-state index is 0.139. The van der Waals surface area contributed by atoms with Gasteiger partial charge in [-0.05, 0) is 0 Å². The molecular weight excluding hydrogens is 161 g/mol. The average Bonchev–Trinajstić information content (AvgIpc) is 2.10. The van der Waals surface area contributed by atoms with Crippen molar-refractivity contribution < 1.29 is 23.0 Å². The number of nitrogens with one attached hydrogen (secondary N) is 1. The third-order valence-electron chi connectivity index (χ3n) is 1.23. The molecule has 1 rings (SSSR count). The first-order chi connectivity index (χ1) is 4.97. The summed E-state index contributed by atoms with van der Waals surface area (Å²) in [6, 6.07) is 0. The lowest BCUT2D eigenvalue weighted by Crippen LogP contribution is -2.79. The topological polar surface area (TPSA) is 26.4 Å². The lowest BCUT2D eigenvalue weighted by atomic mass is 10.4. The molecule has 0 aromatic rings. The normalized spacial score (nSPS) is 18.5. The molecule has 0 aliphatic carbocycles. The Morgan fingerprint density at radius 2 is 2.18 bits per heavy atom. The van der Waals surface area contributed by atoms with Gasteiger partial charge in [0.2, 0.25) is 0 Å². The number of hydrazine groups is 1. The van der Waals surface area contributed by atoms with E-state index in [0.29, 0.717) is 6.54 Å². The van der Waals surface area contributed by atoms with Crippen molar-refractivity contribution in [2.75, 3.05) is 13.6 Å². The summed E-state index contributed by atoms with van der Waals surface area (Å²) in [5.41, 5.74) is 0. The van der Waals surface area contributed by atoms with Gasteiger partial charge in [0, 0.05) is 0 Å². The first kappa shape index (κ1) is 8.16. The Bertz CT molecular complexity index is 177. The summed E-state index contributed by atoms with van der Waals surface area (Å²) in [6.07, 6.45) is -4.30. The van der Waals surface area contributed by atoms with Crippen molar-refractivity contribution in [3.8, 4) is 0 Å². The van der Waals surface area contributed by atoms with Crippen LogP contribution in [0.3, 0.4) is 0 Å². The van der Waals surface area contributed by atoms with Crippen LogP contribution in [0.15, 0.2) is 0 Å². The van der Waals surface area contributed by atoms with E-state index < -0.39 is 6.36 Å². The molecule has 11 heavy (non-hydrogen) atoms. The molecule has 0 atom stereocenters. The molecule has 6 heteroatoms. The second kappa shape index (κ2) is 2.60. The Kier molecular flexibility index (Phi) is 1.92. The molecule has 1 N–H and O–H groups in total. The van der Waals surface area contributed by atoms with Crippen LogP contribution in [0.5, 0.6) is 0 Å². The van der Waals surface area contributed by atoms with Crippen molar-refractivity contribution in [2.24, 2.45) is 0 Å². The van der Waals surface area contributed by atoms with Gasteiger partial charge in [0.1, 0.15) is 0 Å². The van der Waals surface area contributed by atoms with E-state index in [2.05, 4.69) is 9.84 Å². The maximum atomic E-state index is 11.5. The molecule has 0 amide bonds. The molecule has 1 aliphatic heterocycles. The number of ether oxygens (including phenoxy) is 1. The second-order valence-electron chi connectivity index (χ2n) is 2.25. The third-order valence-corrected chi connectivity index (χ3v) is 1.23. The highest BCUT2D eigenvalue weighted by Gasteiger charge is 2.37. The fourth-order valence-electron chi connectivity index (χ4n) is 0.807. The Hall–Kier alpha value is -0.940. The average molecular weight is 169 g/mol. The van der Waals surface area contributed by atoms with Crippen LogP contribution in [0.2, 0.25) is 0 Å². The summed E-state index contributed by atoms with van der Waals surface area (Å²) in [5, 5.41) is 3.95. The molecule has 0 radical (unpaired) electrons. The van der Waals surface area contributed by atoms with E-state index in [1.54, 1.807) is 7.05 Å². The summed E-state index contributed by atoms with van der Waals surface area (Å²) in [6.45, 7) is 0.533. The van der Waals surface area contributed by atoms with E-state index in [4.69, 9.17) is 0 Å². The number of hydrogen-bond acceptors (Lipinski definition) is 2. The van der Waals surface area contributed by atoms with Crippen molar-refractivity contribution in [3.05, 3.63) is 0 Å². The van der Waals surface area contributed by atoms with Gasteiger partial charge in [0.15, 0.2) is 0 Å². The summed E-state index contributed by atoms with van der Waals surface area (Å²) in [5.74, 6) is -0.139. The zero-order chi connectivity index (χ0) is 8.48. The van der Waals surface area contributed by atoms with E-state index in [1.165, 1.54) is 5.01 Å². The largest absolute Gasteiger partial charge is 0.576 e. The van der Waals surface area contributed by atoms with Gasteiger partial charge < -0.3 is 4.74 Å². The molecule has 1 aliphatic rings. The van der Waals surface area contributed by atoms with Crippen molar-refractivity contribution in [1.82, 2.24) is 5.01 Å². The zero-order valence-electron chi connectivity index (χ0n) is 5.90. The minimum Gasteiger partial charge on any atom is -0.352 e. The van der Waals surface area contributed by atoms with Gasteiger partial charge in [-0.15, -0.1) is 13.2 Å². The fraction of sp³-hybridized carbons (Fsp3) is 0.800. The summed E-state index contributed by atoms with van der Waals surface area (Å²) >= 11 is 0. The Morgan fingerprint density at radius 3 is 2.55 bits per heavy atom. The van der Waals surface area contributed by atoms with Crippen LogP contribution in [0, 0.1) is 0 Å². The highest BCUT2D eigenvalue weighted by molar-refractivity contribution is 5.70. The van der Waals surface area contributed by atoms with Gasteiger partial charge >= 0.3 is 12.3 Å². The first-order valence-corrected chi connectivity index (χ1v) is 3.07. The summed E-state index contributed by atoms with van der Waals surface area (Å²) in [7, 11) is 1.65. The van der Waals surface area contributed by atoms with Crippen molar-refractivity contribution in [1.29, 1.82) is 0 Å². The highest BCUT2D eigenvalue weighted by atomic mass is 19.4. The van der Waals surface area contributed by atoms with E-state index >= 15 is 0 Å². The molecule has 0 aromatic heterocycles. The SMILES string of the molecule is CN1CCC(OC(F)(F)F)=[NH+]1.